The number of hydrogen-bond donors (Lipinski definition) is 1. The molecule has 0 radical (unpaired) electrons. The Morgan fingerprint density at radius 1 is 1.00 bits per heavy atom. The second-order valence-electron chi connectivity index (χ2n) is 5.92. The highest BCUT2D eigenvalue weighted by Gasteiger charge is 2.12. The van der Waals surface area contributed by atoms with Crippen molar-refractivity contribution in [2.75, 3.05) is 13.7 Å². The first-order valence-corrected chi connectivity index (χ1v) is 8.98. The van der Waals surface area contributed by atoms with Gasteiger partial charge in [0.25, 0.3) is 0 Å². The largest absolute Gasteiger partial charge is 0.508 e. The summed E-state index contributed by atoms with van der Waals surface area (Å²) in [5.74, 6) is 1.85. The third-order valence-electron chi connectivity index (χ3n) is 4.09. The number of aryl methyl sites for hydroxylation is 1. The Morgan fingerprint density at radius 2 is 1.72 bits per heavy atom. The summed E-state index contributed by atoms with van der Waals surface area (Å²) < 4.78 is 11.1. The molecule has 0 bridgehead atoms. The van der Waals surface area contributed by atoms with Gasteiger partial charge < -0.3 is 14.6 Å². The summed E-state index contributed by atoms with van der Waals surface area (Å²) in [5, 5.41) is 10.1. The van der Waals surface area contributed by atoms with Crippen molar-refractivity contribution in [1.82, 2.24) is 0 Å². The highest BCUT2D eigenvalue weighted by molar-refractivity contribution is 5.81. The van der Waals surface area contributed by atoms with E-state index >= 15 is 0 Å². The number of aromatic hydroxyl groups is 1. The third-order valence-corrected chi connectivity index (χ3v) is 4.09. The summed E-state index contributed by atoms with van der Waals surface area (Å²) in [5.41, 5.74) is 4.32. The van der Waals surface area contributed by atoms with Crippen LogP contribution in [0.3, 0.4) is 0 Å². The van der Waals surface area contributed by atoms with Gasteiger partial charge in [-0.05, 0) is 66.3 Å². The molecule has 0 aromatic heterocycles. The van der Waals surface area contributed by atoms with Gasteiger partial charge in [0.2, 0.25) is 0 Å². The first-order valence-electron chi connectivity index (χ1n) is 8.98. The van der Waals surface area contributed by atoms with Gasteiger partial charge in [0.1, 0.15) is 5.75 Å². The molecule has 0 fully saturated rings. The van der Waals surface area contributed by atoms with Crippen LogP contribution in [0.5, 0.6) is 17.2 Å². The van der Waals surface area contributed by atoms with Crippen molar-refractivity contribution >= 4 is 5.57 Å². The first kappa shape index (κ1) is 18.9. The molecule has 3 nitrogen and oxygen atoms in total. The van der Waals surface area contributed by atoms with Crippen LogP contribution in [0.25, 0.3) is 5.57 Å². The average Bonchev–Trinajstić information content (AvgIpc) is 2.62. The Kier molecular flexibility index (Phi) is 6.93. The normalized spacial score (nSPS) is 11.4. The Labute approximate surface area is 150 Å². The Morgan fingerprint density at radius 3 is 2.36 bits per heavy atom. The zero-order chi connectivity index (χ0) is 18.2. The quantitative estimate of drug-likeness (QED) is 0.680. The van der Waals surface area contributed by atoms with E-state index in [0.717, 1.165) is 53.0 Å². The van der Waals surface area contributed by atoms with Crippen molar-refractivity contribution in [3.05, 3.63) is 59.2 Å². The van der Waals surface area contributed by atoms with Gasteiger partial charge in [-0.3, -0.25) is 0 Å². The summed E-state index contributed by atoms with van der Waals surface area (Å²) >= 11 is 0. The molecule has 0 amide bonds. The van der Waals surface area contributed by atoms with Gasteiger partial charge in [-0.2, -0.15) is 0 Å². The minimum Gasteiger partial charge on any atom is -0.508 e. The van der Waals surface area contributed by atoms with Gasteiger partial charge in [0.05, 0.1) is 13.7 Å². The summed E-state index contributed by atoms with van der Waals surface area (Å²) in [4.78, 5) is 0. The molecule has 0 saturated carbocycles. The standard InChI is InChI=1S/C22H28O3/c1-5-8-18-14-16(10-12-20(18)23)19(9-6-2)17-11-13-21(24-4)22(15-17)25-7-3/h9-15,23H,5-8H2,1-4H3. The number of rotatable bonds is 8. The maximum Gasteiger partial charge on any atom is 0.161 e. The third kappa shape index (κ3) is 4.56. The van der Waals surface area contributed by atoms with Crippen LogP contribution in [0.2, 0.25) is 0 Å². The second-order valence-corrected chi connectivity index (χ2v) is 5.92. The Hall–Kier alpha value is -2.42. The topological polar surface area (TPSA) is 38.7 Å². The lowest BCUT2D eigenvalue weighted by Gasteiger charge is -2.15. The molecule has 25 heavy (non-hydrogen) atoms. The van der Waals surface area contributed by atoms with Gasteiger partial charge in [-0.1, -0.05) is 38.5 Å². The van der Waals surface area contributed by atoms with E-state index < -0.39 is 0 Å². The zero-order valence-electron chi connectivity index (χ0n) is 15.6. The van der Waals surface area contributed by atoms with Crippen molar-refractivity contribution in [2.45, 2.75) is 40.0 Å². The van der Waals surface area contributed by atoms with Crippen molar-refractivity contribution in [3.8, 4) is 17.2 Å². The maximum absolute atomic E-state index is 10.1. The van der Waals surface area contributed by atoms with Crippen LogP contribution in [0, 0.1) is 0 Å². The summed E-state index contributed by atoms with van der Waals surface area (Å²) in [6, 6.07) is 11.9. The van der Waals surface area contributed by atoms with Crippen LogP contribution >= 0.6 is 0 Å². The SMILES string of the molecule is CCC=C(c1ccc(O)c(CCC)c1)c1ccc(OC)c(OCC)c1. The number of phenols is 1. The fraction of sp³-hybridized carbons (Fsp3) is 0.364. The first-order chi connectivity index (χ1) is 12.1. The van der Waals surface area contributed by atoms with Crippen molar-refractivity contribution in [2.24, 2.45) is 0 Å². The molecular formula is C22H28O3. The van der Waals surface area contributed by atoms with Gasteiger partial charge in [0, 0.05) is 0 Å². The zero-order valence-corrected chi connectivity index (χ0v) is 15.6. The van der Waals surface area contributed by atoms with Crippen LogP contribution in [-0.2, 0) is 6.42 Å². The predicted molar refractivity (Wildman–Crippen MR) is 104 cm³/mol. The molecule has 1 N–H and O–H groups in total. The highest BCUT2D eigenvalue weighted by Crippen LogP contribution is 2.34. The van der Waals surface area contributed by atoms with E-state index in [4.69, 9.17) is 9.47 Å². The van der Waals surface area contributed by atoms with E-state index in [1.54, 1.807) is 13.2 Å². The van der Waals surface area contributed by atoms with E-state index in [-0.39, 0.29) is 0 Å². The Bertz CT molecular complexity index is 732. The van der Waals surface area contributed by atoms with E-state index in [1.165, 1.54) is 0 Å². The number of benzene rings is 2. The number of phenolic OH excluding ortho intramolecular Hbond substituents is 1. The summed E-state index contributed by atoms with van der Waals surface area (Å²) in [7, 11) is 1.65. The summed E-state index contributed by atoms with van der Waals surface area (Å²) in [6.07, 6.45) is 5.00. The molecule has 134 valence electrons. The number of allylic oxidation sites excluding steroid dienone is 1. The fourth-order valence-electron chi connectivity index (χ4n) is 2.94. The van der Waals surface area contributed by atoms with Crippen molar-refractivity contribution < 1.29 is 14.6 Å². The number of methoxy groups -OCH3 is 1. The maximum atomic E-state index is 10.1. The lowest BCUT2D eigenvalue weighted by atomic mass is 9.94. The molecule has 0 unspecified atom stereocenters. The van der Waals surface area contributed by atoms with Crippen molar-refractivity contribution in [1.29, 1.82) is 0 Å². The van der Waals surface area contributed by atoms with Gasteiger partial charge in [0.15, 0.2) is 11.5 Å². The molecule has 2 rings (SSSR count). The van der Waals surface area contributed by atoms with Gasteiger partial charge in [-0.15, -0.1) is 0 Å². The number of ether oxygens (including phenoxy) is 2. The van der Waals surface area contributed by atoms with Crippen molar-refractivity contribution in [3.63, 3.8) is 0 Å². The van der Waals surface area contributed by atoms with Crippen LogP contribution in [-0.4, -0.2) is 18.8 Å². The molecule has 0 spiro atoms. The molecule has 0 aliphatic heterocycles. The van der Waals surface area contributed by atoms with E-state index in [0.29, 0.717) is 12.4 Å². The molecule has 0 atom stereocenters. The molecular weight excluding hydrogens is 312 g/mol. The summed E-state index contributed by atoms with van der Waals surface area (Å²) in [6.45, 7) is 6.80. The van der Waals surface area contributed by atoms with Gasteiger partial charge >= 0.3 is 0 Å². The minimum atomic E-state index is 0.367. The van der Waals surface area contributed by atoms with Crippen LogP contribution in [0.4, 0.5) is 0 Å². The minimum absolute atomic E-state index is 0.367. The molecule has 3 heteroatoms. The molecule has 2 aromatic carbocycles. The van der Waals surface area contributed by atoms with Crippen LogP contribution in [0.15, 0.2) is 42.5 Å². The number of hydrogen-bond acceptors (Lipinski definition) is 3. The second kappa shape index (κ2) is 9.16. The highest BCUT2D eigenvalue weighted by atomic mass is 16.5. The van der Waals surface area contributed by atoms with E-state index in [9.17, 15) is 5.11 Å². The van der Waals surface area contributed by atoms with Crippen LogP contribution in [0.1, 0.15) is 50.3 Å². The fourth-order valence-corrected chi connectivity index (χ4v) is 2.94. The predicted octanol–water partition coefficient (Wildman–Crippen LogP) is 5.59. The Balaban J connectivity index is 2.50. The molecule has 0 aliphatic rings. The average molecular weight is 340 g/mol. The molecule has 0 heterocycles. The lowest BCUT2D eigenvalue weighted by molar-refractivity contribution is 0.311. The lowest BCUT2D eigenvalue weighted by Crippen LogP contribution is -1.97. The smallest absolute Gasteiger partial charge is 0.161 e. The van der Waals surface area contributed by atoms with Crippen LogP contribution < -0.4 is 9.47 Å². The van der Waals surface area contributed by atoms with E-state index in [1.807, 2.05) is 25.1 Å². The van der Waals surface area contributed by atoms with E-state index in [2.05, 4.69) is 32.1 Å². The monoisotopic (exact) mass is 340 g/mol. The molecule has 0 aliphatic carbocycles. The molecule has 2 aromatic rings. The van der Waals surface area contributed by atoms with Gasteiger partial charge in [-0.25, -0.2) is 0 Å². The molecule has 0 saturated heterocycles.